The van der Waals surface area contributed by atoms with Crippen molar-refractivity contribution in [2.45, 2.75) is 20.0 Å². The van der Waals surface area contributed by atoms with E-state index in [1.54, 1.807) is 19.5 Å². The van der Waals surface area contributed by atoms with Gasteiger partial charge in [0, 0.05) is 6.54 Å². The number of aliphatic hydroxyl groups is 1. The molecule has 0 fully saturated rings. The van der Waals surface area contributed by atoms with E-state index in [1.807, 2.05) is 13.8 Å². The summed E-state index contributed by atoms with van der Waals surface area (Å²) in [6, 6.07) is 0. The molecular weight excluding hydrogens is 194 g/mol. The lowest BCUT2D eigenvalue weighted by Gasteiger charge is -2.14. The smallest absolute Gasteiger partial charge is 0.222 e. The molecule has 0 amide bonds. The van der Waals surface area contributed by atoms with E-state index in [4.69, 9.17) is 4.74 Å². The van der Waals surface area contributed by atoms with Crippen LogP contribution < -0.4 is 10.1 Å². The first-order chi connectivity index (χ1) is 7.13. The van der Waals surface area contributed by atoms with Gasteiger partial charge < -0.3 is 15.2 Å². The first-order valence-corrected chi connectivity index (χ1v) is 4.91. The summed E-state index contributed by atoms with van der Waals surface area (Å²) in [5, 5.41) is 12.5. The van der Waals surface area contributed by atoms with Crippen molar-refractivity contribution in [1.29, 1.82) is 0 Å². The van der Waals surface area contributed by atoms with Gasteiger partial charge in [-0.3, -0.25) is 0 Å². The van der Waals surface area contributed by atoms with E-state index < -0.39 is 6.10 Å². The van der Waals surface area contributed by atoms with Crippen LogP contribution in [-0.2, 0) is 0 Å². The number of nitrogens with one attached hydrogen (secondary N) is 1. The van der Waals surface area contributed by atoms with Crippen LogP contribution in [0.25, 0.3) is 0 Å². The quantitative estimate of drug-likeness (QED) is 0.758. The first-order valence-electron chi connectivity index (χ1n) is 4.91. The molecule has 1 aromatic rings. The van der Waals surface area contributed by atoms with Crippen LogP contribution in [0.5, 0.6) is 5.75 Å². The predicted molar refractivity (Wildman–Crippen MR) is 57.9 cm³/mol. The molecule has 1 heterocycles. The normalized spacial score (nSPS) is 12.6. The Balaban J connectivity index is 2.44. The molecule has 0 aliphatic rings. The fourth-order valence-electron chi connectivity index (χ4n) is 0.944. The second kappa shape index (κ2) is 5.50. The third kappa shape index (κ3) is 3.71. The highest BCUT2D eigenvalue weighted by atomic mass is 16.5. The number of aromatic nitrogens is 2. The minimum absolute atomic E-state index is 0.218. The van der Waals surface area contributed by atoms with Crippen molar-refractivity contribution in [1.82, 2.24) is 9.97 Å². The van der Waals surface area contributed by atoms with E-state index in [-0.39, 0.29) is 5.92 Å². The highest BCUT2D eigenvalue weighted by molar-refractivity contribution is 5.26. The molecule has 84 valence electrons. The third-order valence-electron chi connectivity index (χ3n) is 2.10. The van der Waals surface area contributed by atoms with E-state index in [0.29, 0.717) is 18.2 Å². The van der Waals surface area contributed by atoms with Crippen molar-refractivity contribution in [2.24, 2.45) is 5.92 Å². The van der Waals surface area contributed by atoms with Crippen molar-refractivity contribution >= 4 is 5.95 Å². The van der Waals surface area contributed by atoms with Gasteiger partial charge in [0.2, 0.25) is 5.95 Å². The molecular formula is C10H17N3O2. The van der Waals surface area contributed by atoms with Gasteiger partial charge >= 0.3 is 0 Å². The van der Waals surface area contributed by atoms with Gasteiger partial charge in [-0.2, -0.15) is 0 Å². The van der Waals surface area contributed by atoms with E-state index in [1.165, 1.54) is 0 Å². The molecule has 2 N–H and O–H groups in total. The van der Waals surface area contributed by atoms with Gasteiger partial charge in [0.1, 0.15) is 0 Å². The van der Waals surface area contributed by atoms with Gasteiger partial charge in [0.05, 0.1) is 25.6 Å². The van der Waals surface area contributed by atoms with Crippen LogP contribution in [0.15, 0.2) is 12.4 Å². The maximum absolute atomic E-state index is 9.55. The summed E-state index contributed by atoms with van der Waals surface area (Å²) in [6.07, 6.45) is 2.77. The largest absolute Gasteiger partial charge is 0.494 e. The number of ether oxygens (including phenoxy) is 1. The SMILES string of the molecule is COc1cnc(NCC(O)C(C)C)nc1. The summed E-state index contributed by atoms with van der Waals surface area (Å²) < 4.78 is 4.93. The molecule has 0 aliphatic carbocycles. The van der Waals surface area contributed by atoms with Crippen LogP contribution >= 0.6 is 0 Å². The molecule has 0 aromatic carbocycles. The fourth-order valence-corrected chi connectivity index (χ4v) is 0.944. The minimum Gasteiger partial charge on any atom is -0.494 e. The van der Waals surface area contributed by atoms with Crippen LogP contribution in [0.1, 0.15) is 13.8 Å². The molecule has 0 aliphatic heterocycles. The van der Waals surface area contributed by atoms with Gasteiger partial charge in [-0.15, -0.1) is 0 Å². The number of rotatable bonds is 5. The van der Waals surface area contributed by atoms with Crippen LogP contribution in [0, 0.1) is 5.92 Å². The molecule has 0 radical (unpaired) electrons. The van der Waals surface area contributed by atoms with Gasteiger partial charge in [0.15, 0.2) is 5.75 Å². The highest BCUT2D eigenvalue weighted by Crippen LogP contribution is 2.08. The summed E-state index contributed by atoms with van der Waals surface area (Å²) in [5.41, 5.74) is 0. The number of nitrogens with zero attached hydrogens (tertiary/aromatic N) is 2. The average Bonchev–Trinajstić information content (AvgIpc) is 2.26. The van der Waals surface area contributed by atoms with Crippen molar-refractivity contribution < 1.29 is 9.84 Å². The average molecular weight is 211 g/mol. The molecule has 0 bridgehead atoms. The third-order valence-corrected chi connectivity index (χ3v) is 2.10. The van der Waals surface area contributed by atoms with E-state index >= 15 is 0 Å². The molecule has 0 saturated heterocycles. The predicted octanol–water partition coefficient (Wildman–Crippen LogP) is 0.914. The van der Waals surface area contributed by atoms with Crippen molar-refractivity contribution in [3.63, 3.8) is 0 Å². The molecule has 5 nitrogen and oxygen atoms in total. The summed E-state index contributed by atoms with van der Waals surface area (Å²) >= 11 is 0. The second-order valence-electron chi connectivity index (χ2n) is 3.64. The van der Waals surface area contributed by atoms with Crippen LogP contribution in [-0.4, -0.2) is 34.8 Å². The molecule has 1 aromatic heterocycles. The fraction of sp³-hybridized carbons (Fsp3) is 0.600. The highest BCUT2D eigenvalue weighted by Gasteiger charge is 2.08. The van der Waals surface area contributed by atoms with Crippen molar-refractivity contribution in [3.05, 3.63) is 12.4 Å². The van der Waals surface area contributed by atoms with Gasteiger partial charge in [-0.05, 0) is 5.92 Å². The summed E-state index contributed by atoms with van der Waals surface area (Å²) in [6.45, 7) is 4.37. The minimum atomic E-state index is -0.393. The zero-order chi connectivity index (χ0) is 11.3. The summed E-state index contributed by atoms with van der Waals surface area (Å²) in [4.78, 5) is 8.04. The van der Waals surface area contributed by atoms with Crippen LogP contribution in [0.4, 0.5) is 5.95 Å². The Morgan fingerprint density at radius 3 is 2.47 bits per heavy atom. The number of anilines is 1. The Kier molecular flexibility index (Phi) is 4.30. The molecule has 0 saturated carbocycles. The Morgan fingerprint density at radius 2 is 2.00 bits per heavy atom. The molecule has 0 spiro atoms. The standard InChI is InChI=1S/C10H17N3O2/c1-7(2)9(14)6-13-10-11-4-8(15-3)5-12-10/h4-5,7,9,14H,6H2,1-3H3,(H,11,12,13). The Morgan fingerprint density at radius 1 is 1.40 bits per heavy atom. The van der Waals surface area contributed by atoms with E-state index in [2.05, 4.69) is 15.3 Å². The zero-order valence-electron chi connectivity index (χ0n) is 9.27. The van der Waals surface area contributed by atoms with Crippen LogP contribution in [0.2, 0.25) is 0 Å². The second-order valence-corrected chi connectivity index (χ2v) is 3.64. The summed E-state index contributed by atoms with van der Waals surface area (Å²) in [7, 11) is 1.56. The molecule has 5 heteroatoms. The van der Waals surface area contributed by atoms with E-state index in [9.17, 15) is 5.11 Å². The number of hydrogen-bond donors (Lipinski definition) is 2. The van der Waals surface area contributed by atoms with Crippen molar-refractivity contribution in [2.75, 3.05) is 19.0 Å². The monoisotopic (exact) mass is 211 g/mol. The topological polar surface area (TPSA) is 67.3 Å². The maximum atomic E-state index is 9.55. The van der Waals surface area contributed by atoms with Crippen molar-refractivity contribution in [3.8, 4) is 5.75 Å². The lowest BCUT2D eigenvalue weighted by atomic mass is 10.1. The maximum Gasteiger partial charge on any atom is 0.222 e. The lowest BCUT2D eigenvalue weighted by molar-refractivity contribution is 0.137. The number of aliphatic hydroxyl groups excluding tert-OH is 1. The zero-order valence-corrected chi connectivity index (χ0v) is 9.27. The molecule has 1 rings (SSSR count). The number of hydrogen-bond acceptors (Lipinski definition) is 5. The van der Waals surface area contributed by atoms with Gasteiger partial charge in [-0.25, -0.2) is 9.97 Å². The van der Waals surface area contributed by atoms with Gasteiger partial charge in [0.25, 0.3) is 0 Å². The summed E-state index contributed by atoms with van der Waals surface area (Å²) in [5.74, 6) is 1.33. The Labute approximate surface area is 89.5 Å². The Bertz CT molecular complexity index is 287. The molecule has 1 unspecified atom stereocenters. The Hall–Kier alpha value is -1.36. The lowest BCUT2D eigenvalue weighted by Crippen LogP contribution is -2.25. The van der Waals surface area contributed by atoms with Gasteiger partial charge in [-0.1, -0.05) is 13.8 Å². The molecule has 1 atom stereocenters. The van der Waals surface area contributed by atoms with Crippen LogP contribution in [0.3, 0.4) is 0 Å². The van der Waals surface area contributed by atoms with E-state index in [0.717, 1.165) is 0 Å². The molecule has 15 heavy (non-hydrogen) atoms. The first kappa shape index (κ1) is 11.7. The number of methoxy groups -OCH3 is 1.